The lowest BCUT2D eigenvalue weighted by molar-refractivity contribution is 0.197. The van der Waals surface area contributed by atoms with E-state index in [2.05, 4.69) is 43.4 Å². The largest absolute Gasteiger partial charge is 0.395 e. The van der Waals surface area contributed by atoms with E-state index in [1.165, 1.54) is 10.5 Å². The number of benzene rings is 1. The van der Waals surface area contributed by atoms with Gasteiger partial charge in [0.2, 0.25) is 0 Å². The number of aliphatic hydroxyl groups is 1. The van der Waals surface area contributed by atoms with E-state index in [9.17, 15) is 5.11 Å². The lowest BCUT2D eigenvalue weighted by Gasteiger charge is -2.31. The third kappa shape index (κ3) is 3.03. The molecule has 0 saturated heterocycles. The zero-order valence-electron chi connectivity index (χ0n) is 10.5. The van der Waals surface area contributed by atoms with Crippen LogP contribution in [-0.4, -0.2) is 23.5 Å². The summed E-state index contributed by atoms with van der Waals surface area (Å²) in [4.78, 5) is 1.39. The minimum absolute atomic E-state index is 0.191. The summed E-state index contributed by atoms with van der Waals surface area (Å²) in [5.41, 5.74) is 1.39. The third-order valence-electron chi connectivity index (χ3n) is 3.38. The van der Waals surface area contributed by atoms with Crippen LogP contribution in [0.2, 0.25) is 0 Å². The van der Waals surface area contributed by atoms with Crippen LogP contribution in [-0.2, 0) is 0 Å². The molecule has 94 valence electrons. The van der Waals surface area contributed by atoms with Crippen molar-refractivity contribution in [3.63, 3.8) is 0 Å². The molecule has 0 fully saturated rings. The minimum atomic E-state index is 0.191. The number of fused-ring (bicyclic) bond motifs is 1. The number of nitrogens with one attached hydrogen (secondary N) is 1. The summed E-state index contributed by atoms with van der Waals surface area (Å²) in [6, 6.07) is 9.18. The van der Waals surface area contributed by atoms with Gasteiger partial charge in [-0.3, -0.25) is 0 Å². The van der Waals surface area contributed by atoms with Crippen molar-refractivity contribution in [3.8, 4) is 0 Å². The Labute approximate surface area is 108 Å². The van der Waals surface area contributed by atoms with Gasteiger partial charge in [0.05, 0.1) is 6.61 Å². The molecule has 1 heterocycles. The Balaban J connectivity index is 2.13. The Morgan fingerprint density at radius 3 is 2.88 bits per heavy atom. The third-order valence-corrected chi connectivity index (χ3v) is 4.50. The predicted octanol–water partition coefficient (Wildman–Crippen LogP) is 2.83. The Bertz CT molecular complexity index is 367. The summed E-state index contributed by atoms with van der Waals surface area (Å²) in [6.45, 7) is 4.51. The first kappa shape index (κ1) is 12.9. The van der Waals surface area contributed by atoms with E-state index in [4.69, 9.17) is 0 Å². The van der Waals surface area contributed by atoms with E-state index >= 15 is 0 Å². The summed E-state index contributed by atoms with van der Waals surface area (Å²) in [6.07, 6.45) is 1.14. The highest BCUT2D eigenvalue weighted by atomic mass is 32.2. The SMILES string of the molecule is CC(C)C(CO)NC1CCSc2ccccc21. The summed E-state index contributed by atoms with van der Waals surface area (Å²) < 4.78 is 0. The monoisotopic (exact) mass is 251 g/mol. The molecule has 1 aliphatic heterocycles. The molecule has 2 atom stereocenters. The van der Waals surface area contributed by atoms with E-state index < -0.39 is 0 Å². The van der Waals surface area contributed by atoms with Gasteiger partial charge in [0.25, 0.3) is 0 Å². The van der Waals surface area contributed by atoms with Crippen molar-refractivity contribution in [1.29, 1.82) is 0 Å². The second-order valence-corrected chi connectivity index (χ2v) is 6.06. The van der Waals surface area contributed by atoms with E-state index in [1.807, 2.05) is 11.8 Å². The number of rotatable bonds is 4. The van der Waals surface area contributed by atoms with E-state index in [0.29, 0.717) is 12.0 Å². The topological polar surface area (TPSA) is 32.3 Å². The first-order valence-electron chi connectivity index (χ1n) is 6.31. The highest BCUT2D eigenvalue weighted by molar-refractivity contribution is 7.99. The van der Waals surface area contributed by atoms with Gasteiger partial charge in [-0.1, -0.05) is 32.0 Å². The molecule has 2 rings (SSSR count). The van der Waals surface area contributed by atoms with Crippen molar-refractivity contribution in [1.82, 2.24) is 5.32 Å². The first-order valence-corrected chi connectivity index (χ1v) is 7.29. The predicted molar refractivity (Wildman–Crippen MR) is 73.4 cm³/mol. The molecule has 0 aromatic heterocycles. The van der Waals surface area contributed by atoms with Gasteiger partial charge in [-0.15, -0.1) is 11.8 Å². The number of thioether (sulfide) groups is 1. The molecule has 2 unspecified atom stereocenters. The van der Waals surface area contributed by atoms with Crippen molar-refractivity contribution >= 4 is 11.8 Å². The van der Waals surface area contributed by atoms with Gasteiger partial charge in [0.15, 0.2) is 0 Å². The Kier molecular flexibility index (Phi) is 4.48. The summed E-state index contributed by atoms with van der Waals surface area (Å²) >= 11 is 1.93. The molecular weight excluding hydrogens is 230 g/mol. The molecule has 0 spiro atoms. The maximum atomic E-state index is 9.41. The number of hydrogen-bond acceptors (Lipinski definition) is 3. The molecule has 0 amide bonds. The summed E-state index contributed by atoms with van der Waals surface area (Å²) in [7, 11) is 0. The van der Waals surface area contributed by atoms with Crippen LogP contribution in [0.5, 0.6) is 0 Å². The van der Waals surface area contributed by atoms with Crippen LogP contribution in [0.3, 0.4) is 0 Å². The van der Waals surface area contributed by atoms with Crippen molar-refractivity contribution in [2.75, 3.05) is 12.4 Å². The van der Waals surface area contributed by atoms with Gasteiger partial charge in [-0.2, -0.15) is 0 Å². The minimum Gasteiger partial charge on any atom is -0.395 e. The fourth-order valence-corrected chi connectivity index (χ4v) is 3.35. The van der Waals surface area contributed by atoms with Gasteiger partial charge < -0.3 is 10.4 Å². The number of aliphatic hydroxyl groups excluding tert-OH is 1. The van der Waals surface area contributed by atoms with Crippen LogP contribution < -0.4 is 5.32 Å². The van der Waals surface area contributed by atoms with Gasteiger partial charge >= 0.3 is 0 Å². The lowest BCUT2D eigenvalue weighted by Crippen LogP contribution is -2.40. The highest BCUT2D eigenvalue weighted by Gasteiger charge is 2.23. The molecular formula is C14H21NOS. The summed E-state index contributed by atoms with van der Waals surface area (Å²) in [5.74, 6) is 1.62. The smallest absolute Gasteiger partial charge is 0.0587 e. The van der Waals surface area contributed by atoms with Crippen LogP contribution in [0.1, 0.15) is 31.9 Å². The molecule has 0 bridgehead atoms. The van der Waals surface area contributed by atoms with Crippen LogP contribution >= 0.6 is 11.8 Å². The van der Waals surface area contributed by atoms with Gasteiger partial charge in [-0.05, 0) is 29.7 Å². The second-order valence-electron chi connectivity index (χ2n) is 4.93. The zero-order chi connectivity index (χ0) is 12.3. The maximum absolute atomic E-state index is 9.41. The molecule has 2 nitrogen and oxygen atoms in total. The molecule has 1 aromatic rings. The second kappa shape index (κ2) is 5.89. The quantitative estimate of drug-likeness (QED) is 0.863. The zero-order valence-corrected chi connectivity index (χ0v) is 11.3. The van der Waals surface area contributed by atoms with Gasteiger partial charge in [0.1, 0.15) is 0 Å². The van der Waals surface area contributed by atoms with Crippen molar-refractivity contribution in [2.24, 2.45) is 5.92 Å². The Morgan fingerprint density at radius 2 is 2.18 bits per heavy atom. The van der Waals surface area contributed by atoms with E-state index in [1.54, 1.807) is 0 Å². The van der Waals surface area contributed by atoms with E-state index in [0.717, 1.165) is 12.2 Å². The van der Waals surface area contributed by atoms with Gasteiger partial charge in [0, 0.05) is 17.0 Å². The lowest BCUT2D eigenvalue weighted by atomic mass is 9.99. The molecule has 0 saturated carbocycles. The summed E-state index contributed by atoms with van der Waals surface area (Å²) in [5, 5.41) is 13.0. The average Bonchev–Trinajstić information content (AvgIpc) is 2.35. The van der Waals surface area contributed by atoms with Crippen LogP contribution in [0.25, 0.3) is 0 Å². The standard InChI is InChI=1S/C14H21NOS/c1-10(2)13(9-16)15-12-7-8-17-14-6-4-3-5-11(12)14/h3-6,10,12-13,15-16H,7-9H2,1-2H3. The molecule has 1 aromatic carbocycles. The van der Waals surface area contributed by atoms with Crippen LogP contribution in [0.15, 0.2) is 29.2 Å². The van der Waals surface area contributed by atoms with Crippen molar-refractivity contribution in [2.45, 2.75) is 37.2 Å². The molecule has 17 heavy (non-hydrogen) atoms. The molecule has 0 radical (unpaired) electrons. The fraction of sp³-hybridized carbons (Fsp3) is 0.571. The van der Waals surface area contributed by atoms with Crippen LogP contribution in [0, 0.1) is 5.92 Å². The fourth-order valence-electron chi connectivity index (χ4n) is 2.23. The average molecular weight is 251 g/mol. The Morgan fingerprint density at radius 1 is 1.41 bits per heavy atom. The molecule has 2 N–H and O–H groups in total. The number of hydrogen-bond donors (Lipinski definition) is 2. The molecule has 0 aliphatic carbocycles. The maximum Gasteiger partial charge on any atom is 0.0587 e. The first-order chi connectivity index (χ1) is 8.22. The highest BCUT2D eigenvalue weighted by Crippen LogP contribution is 2.36. The normalized spacial score (nSPS) is 21.3. The van der Waals surface area contributed by atoms with Crippen molar-refractivity contribution in [3.05, 3.63) is 29.8 Å². The molecule has 3 heteroatoms. The Hall–Kier alpha value is -0.510. The molecule has 1 aliphatic rings. The van der Waals surface area contributed by atoms with E-state index in [-0.39, 0.29) is 12.6 Å². The van der Waals surface area contributed by atoms with Crippen molar-refractivity contribution < 1.29 is 5.11 Å². The van der Waals surface area contributed by atoms with Crippen LogP contribution in [0.4, 0.5) is 0 Å². The van der Waals surface area contributed by atoms with Gasteiger partial charge in [-0.25, -0.2) is 0 Å².